The van der Waals surface area contributed by atoms with E-state index in [4.69, 9.17) is 10.00 Å². The Bertz CT molecular complexity index is 941. The summed E-state index contributed by atoms with van der Waals surface area (Å²) in [6, 6.07) is 12.6. The first-order valence-electron chi connectivity index (χ1n) is 7.90. The molecule has 2 aromatic carbocycles. The fourth-order valence-electron chi connectivity index (χ4n) is 2.80. The normalized spacial score (nSPS) is 12.2. The number of hydrogen-bond acceptors (Lipinski definition) is 5. The number of nitriles is 1. The van der Waals surface area contributed by atoms with Gasteiger partial charge in [0.25, 0.3) is 0 Å². The molecule has 2 rings (SSSR count). The monoisotopic (exact) mass is 372 g/mol. The predicted octanol–water partition coefficient (Wildman–Crippen LogP) is 2.51. The van der Waals surface area contributed by atoms with Crippen molar-refractivity contribution in [2.45, 2.75) is 25.6 Å². The molecule has 0 spiro atoms. The number of aryl methyl sites for hydroxylation is 2. The van der Waals surface area contributed by atoms with Crippen molar-refractivity contribution in [3.05, 3.63) is 70.3 Å². The number of hydrogen-bond donors (Lipinski definition) is 1. The smallest absolute Gasteiger partial charge is 0.328 e. The zero-order valence-electron chi connectivity index (χ0n) is 14.8. The number of nitrogens with one attached hydrogen (secondary N) is 1. The number of rotatable bonds is 6. The molecular formula is C19H20N2O4S. The average molecular weight is 372 g/mol. The molecule has 2 aromatic rings. The number of carbonyl (C=O) groups is 1. The van der Waals surface area contributed by atoms with Crippen molar-refractivity contribution in [3.63, 3.8) is 0 Å². The first-order chi connectivity index (χ1) is 12.3. The van der Waals surface area contributed by atoms with E-state index in [0.29, 0.717) is 16.7 Å². The van der Waals surface area contributed by atoms with Gasteiger partial charge in [0, 0.05) is 0 Å². The number of methoxy groups -OCH3 is 1. The second kappa shape index (κ2) is 8.13. The van der Waals surface area contributed by atoms with Gasteiger partial charge in [-0.05, 0) is 48.2 Å². The Kier molecular flexibility index (Phi) is 6.14. The van der Waals surface area contributed by atoms with Crippen LogP contribution in [-0.4, -0.2) is 21.5 Å². The molecule has 0 amide bonds. The summed E-state index contributed by atoms with van der Waals surface area (Å²) >= 11 is 0. The van der Waals surface area contributed by atoms with E-state index in [9.17, 15) is 13.2 Å². The van der Waals surface area contributed by atoms with Crippen molar-refractivity contribution in [1.82, 2.24) is 4.72 Å². The summed E-state index contributed by atoms with van der Waals surface area (Å²) < 4.78 is 32.5. The van der Waals surface area contributed by atoms with Gasteiger partial charge in [0.15, 0.2) is 0 Å². The SMILES string of the molecule is COC(=O)[C@H](NS(=O)(=O)Cc1cccc(C#N)c1)c1c(C)cccc1C. The number of carbonyl (C=O) groups excluding carboxylic acids is 1. The summed E-state index contributed by atoms with van der Waals surface area (Å²) in [4.78, 5) is 12.3. The van der Waals surface area contributed by atoms with Crippen LogP contribution in [0.5, 0.6) is 0 Å². The molecule has 0 saturated carbocycles. The lowest BCUT2D eigenvalue weighted by Gasteiger charge is -2.21. The van der Waals surface area contributed by atoms with Crippen LogP contribution in [0.3, 0.4) is 0 Å². The van der Waals surface area contributed by atoms with E-state index in [0.717, 1.165) is 11.1 Å². The molecule has 136 valence electrons. The predicted molar refractivity (Wildman–Crippen MR) is 97.6 cm³/mol. The molecule has 1 atom stereocenters. The van der Waals surface area contributed by atoms with Crippen molar-refractivity contribution in [1.29, 1.82) is 5.26 Å². The lowest BCUT2D eigenvalue weighted by molar-refractivity contribution is -0.142. The minimum atomic E-state index is -3.86. The van der Waals surface area contributed by atoms with Gasteiger partial charge < -0.3 is 4.74 Å². The Balaban J connectivity index is 2.36. The van der Waals surface area contributed by atoms with E-state index in [1.54, 1.807) is 18.2 Å². The summed E-state index contributed by atoms with van der Waals surface area (Å²) in [6.07, 6.45) is 0. The van der Waals surface area contributed by atoms with Crippen molar-refractivity contribution in [2.24, 2.45) is 0 Å². The minimum Gasteiger partial charge on any atom is -0.468 e. The van der Waals surface area contributed by atoms with E-state index < -0.39 is 22.0 Å². The van der Waals surface area contributed by atoms with E-state index in [-0.39, 0.29) is 5.75 Å². The molecule has 0 radical (unpaired) electrons. The Morgan fingerprint density at radius 2 is 1.81 bits per heavy atom. The highest BCUT2D eigenvalue weighted by molar-refractivity contribution is 7.88. The van der Waals surface area contributed by atoms with Gasteiger partial charge in [-0.1, -0.05) is 30.3 Å². The summed E-state index contributed by atoms with van der Waals surface area (Å²) in [5, 5.41) is 8.94. The molecule has 0 heterocycles. The molecule has 0 aromatic heterocycles. The maximum atomic E-state index is 12.6. The fraction of sp³-hybridized carbons (Fsp3) is 0.263. The van der Waals surface area contributed by atoms with Crippen molar-refractivity contribution < 1.29 is 17.9 Å². The van der Waals surface area contributed by atoms with Crippen LogP contribution in [0.25, 0.3) is 0 Å². The Hall–Kier alpha value is -2.69. The Morgan fingerprint density at radius 3 is 2.38 bits per heavy atom. The summed E-state index contributed by atoms with van der Waals surface area (Å²) in [5.41, 5.74) is 2.98. The van der Waals surface area contributed by atoms with Gasteiger partial charge in [-0.15, -0.1) is 0 Å². The van der Waals surface area contributed by atoms with Crippen molar-refractivity contribution in [2.75, 3.05) is 7.11 Å². The number of ether oxygens (including phenoxy) is 1. The molecule has 0 unspecified atom stereocenters. The van der Waals surface area contributed by atoms with Gasteiger partial charge in [-0.3, -0.25) is 0 Å². The van der Waals surface area contributed by atoms with Gasteiger partial charge in [-0.25, -0.2) is 13.2 Å². The molecule has 26 heavy (non-hydrogen) atoms. The van der Waals surface area contributed by atoms with E-state index in [1.165, 1.54) is 13.2 Å². The molecule has 0 saturated heterocycles. The first-order valence-corrected chi connectivity index (χ1v) is 9.55. The molecule has 0 aliphatic rings. The Morgan fingerprint density at radius 1 is 1.19 bits per heavy atom. The van der Waals surface area contributed by atoms with Crippen LogP contribution in [-0.2, 0) is 25.3 Å². The van der Waals surface area contributed by atoms with Gasteiger partial charge in [0.1, 0.15) is 6.04 Å². The minimum absolute atomic E-state index is 0.346. The van der Waals surface area contributed by atoms with Crippen LogP contribution in [0.2, 0.25) is 0 Å². The van der Waals surface area contributed by atoms with E-state index in [2.05, 4.69) is 4.72 Å². The van der Waals surface area contributed by atoms with Crippen molar-refractivity contribution in [3.8, 4) is 6.07 Å². The molecular weight excluding hydrogens is 352 g/mol. The first kappa shape index (κ1) is 19.6. The van der Waals surface area contributed by atoms with Crippen LogP contribution in [0.1, 0.15) is 33.9 Å². The second-order valence-corrected chi connectivity index (χ2v) is 7.70. The van der Waals surface area contributed by atoms with Gasteiger partial charge in [-0.2, -0.15) is 9.98 Å². The van der Waals surface area contributed by atoms with Crippen LogP contribution < -0.4 is 4.72 Å². The number of benzene rings is 2. The summed E-state index contributed by atoms with van der Waals surface area (Å²) in [6.45, 7) is 3.62. The number of nitrogens with zero attached hydrogens (tertiary/aromatic N) is 1. The summed E-state index contributed by atoms with van der Waals surface area (Å²) in [5.74, 6) is -1.03. The van der Waals surface area contributed by atoms with E-state index >= 15 is 0 Å². The quantitative estimate of drug-likeness (QED) is 0.786. The maximum Gasteiger partial charge on any atom is 0.328 e. The zero-order chi connectivity index (χ0) is 19.3. The van der Waals surface area contributed by atoms with Crippen LogP contribution in [0.4, 0.5) is 0 Å². The highest BCUT2D eigenvalue weighted by Crippen LogP contribution is 2.24. The third-order valence-corrected chi connectivity index (χ3v) is 5.29. The number of sulfonamides is 1. The Labute approximate surface area is 153 Å². The second-order valence-electron chi connectivity index (χ2n) is 5.95. The largest absolute Gasteiger partial charge is 0.468 e. The van der Waals surface area contributed by atoms with Gasteiger partial charge in [0.05, 0.1) is 24.5 Å². The van der Waals surface area contributed by atoms with Crippen LogP contribution >= 0.6 is 0 Å². The topological polar surface area (TPSA) is 96.3 Å². The van der Waals surface area contributed by atoms with Crippen molar-refractivity contribution >= 4 is 16.0 Å². The molecule has 1 N–H and O–H groups in total. The number of esters is 1. The van der Waals surface area contributed by atoms with Gasteiger partial charge >= 0.3 is 5.97 Å². The molecule has 0 aliphatic heterocycles. The van der Waals surface area contributed by atoms with E-state index in [1.807, 2.05) is 38.1 Å². The summed E-state index contributed by atoms with van der Waals surface area (Å²) in [7, 11) is -2.64. The molecule has 6 nitrogen and oxygen atoms in total. The molecule has 0 bridgehead atoms. The molecule has 0 aliphatic carbocycles. The molecule has 7 heteroatoms. The third kappa shape index (κ3) is 4.69. The van der Waals surface area contributed by atoms with Gasteiger partial charge in [0.2, 0.25) is 10.0 Å². The van der Waals surface area contributed by atoms with Crippen LogP contribution in [0.15, 0.2) is 42.5 Å². The standard InChI is InChI=1S/C19H20N2O4S/c1-13-6-4-7-14(2)17(13)18(19(22)25-3)21-26(23,24)12-16-9-5-8-15(10-16)11-20/h4-10,18,21H,12H2,1-3H3/t18-/m1/s1. The third-order valence-electron chi connectivity index (χ3n) is 3.98. The maximum absolute atomic E-state index is 12.6. The lowest BCUT2D eigenvalue weighted by atomic mass is 9.97. The zero-order valence-corrected chi connectivity index (χ0v) is 15.6. The highest BCUT2D eigenvalue weighted by atomic mass is 32.2. The fourth-order valence-corrected chi connectivity index (χ4v) is 4.07. The molecule has 0 fully saturated rings. The average Bonchev–Trinajstić information content (AvgIpc) is 2.59. The highest BCUT2D eigenvalue weighted by Gasteiger charge is 2.29. The van der Waals surface area contributed by atoms with Crippen LogP contribution in [0, 0.1) is 25.2 Å². The lowest BCUT2D eigenvalue weighted by Crippen LogP contribution is -2.36.